The van der Waals surface area contributed by atoms with Crippen molar-refractivity contribution in [1.82, 2.24) is 14.5 Å². The lowest BCUT2D eigenvalue weighted by Gasteiger charge is -2.06. The Balaban J connectivity index is 1.41. The number of carbonyl (C=O) groups excluding carboxylic acids is 1. The zero-order valence-electron chi connectivity index (χ0n) is 15.8. The van der Waals surface area contributed by atoms with E-state index < -0.39 is 0 Å². The number of amides is 1. The second-order valence-corrected chi connectivity index (χ2v) is 9.04. The maximum atomic E-state index is 12.3. The minimum absolute atomic E-state index is 0.0911. The highest BCUT2D eigenvalue weighted by atomic mass is 32.2. The van der Waals surface area contributed by atoms with Crippen LogP contribution in [0.2, 0.25) is 0 Å². The topological polar surface area (TPSA) is 76.9 Å². The van der Waals surface area contributed by atoms with Crippen molar-refractivity contribution in [2.45, 2.75) is 18.5 Å². The van der Waals surface area contributed by atoms with Crippen LogP contribution in [0, 0.1) is 0 Å². The molecule has 3 aromatic heterocycles. The largest absolute Gasteiger partial charge is 0.301 e. The van der Waals surface area contributed by atoms with Crippen molar-refractivity contribution in [3.63, 3.8) is 0 Å². The Morgan fingerprint density at radius 1 is 1.17 bits per heavy atom. The number of fused-ring (bicyclic) bond motifs is 1. The summed E-state index contributed by atoms with van der Waals surface area (Å²) in [6, 6.07) is 10.1. The third-order valence-electron chi connectivity index (χ3n) is 4.39. The number of thiazole rings is 1. The molecule has 1 N–H and O–H groups in total. The fraction of sp³-hybridized carbons (Fsp3) is 0.200. The van der Waals surface area contributed by atoms with Crippen molar-refractivity contribution in [1.29, 1.82) is 0 Å². The van der Waals surface area contributed by atoms with E-state index in [-0.39, 0.29) is 17.2 Å². The van der Waals surface area contributed by atoms with Gasteiger partial charge in [-0.1, -0.05) is 43.0 Å². The molecule has 3 heterocycles. The number of thioether (sulfide) groups is 1. The molecule has 0 unspecified atom stereocenters. The van der Waals surface area contributed by atoms with Gasteiger partial charge in [0.2, 0.25) is 5.91 Å². The molecule has 0 radical (unpaired) electrons. The summed E-state index contributed by atoms with van der Waals surface area (Å²) in [5, 5.41) is 7.68. The summed E-state index contributed by atoms with van der Waals surface area (Å²) in [6.07, 6.45) is 0.996. The predicted molar refractivity (Wildman–Crippen MR) is 121 cm³/mol. The maximum absolute atomic E-state index is 12.3. The van der Waals surface area contributed by atoms with Crippen LogP contribution in [0.3, 0.4) is 0 Å². The standard InChI is InChI=1S/C20H18N4O2S3/c1-3-12-4-6-13(7-5-12)15-10-28-19(21-15)23-16(25)11-29-20-22-14-8-9-27-17(14)18(26)24(20)2/h4-10H,3,11H2,1-2H3,(H,21,23,25). The van der Waals surface area contributed by atoms with Gasteiger partial charge in [0, 0.05) is 18.0 Å². The summed E-state index contributed by atoms with van der Waals surface area (Å²) in [5.41, 5.74) is 3.72. The van der Waals surface area contributed by atoms with Gasteiger partial charge in [0.05, 0.1) is 17.0 Å². The number of nitrogens with zero attached hydrogens (tertiary/aromatic N) is 3. The number of hydrogen-bond donors (Lipinski definition) is 1. The van der Waals surface area contributed by atoms with Gasteiger partial charge in [0.25, 0.3) is 5.56 Å². The van der Waals surface area contributed by atoms with E-state index in [4.69, 9.17) is 0 Å². The molecule has 0 aliphatic heterocycles. The predicted octanol–water partition coefficient (Wildman–Crippen LogP) is 4.41. The van der Waals surface area contributed by atoms with E-state index in [2.05, 4.69) is 34.3 Å². The second kappa shape index (κ2) is 8.48. The van der Waals surface area contributed by atoms with Crippen LogP contribution in [0.15, 0.2) is 51.0 Å². The zero-order chi connectivity index (χ0) is 20.4. The SMILES string of the molecule is CCc1ccc(-c2csc(NC(=O)CSc3nc4ccsc4c(=O)n3C)n2)cc1. The molecule has 1 amide bonds. The quantitative estimate of drug-likeness (QED) is 0.353. The van der Waals surface area contributed by atoms with E-state index in [1.807, 2.05) is 29.0 Å². The van der Waals surface area contributed by atoms with E-state index in [1.165, 1.54) is 44.6 Å². The molecule has 0 fully saturated rings. The van der Waals surface area contributed by atoms with E-state index in [9.17, 15) is 9.59 Å². The van der Waals surface area contributed by atoms with Gasteiger partial charge < -0.3 is 5.32 Å². The number of aromatic nitrogens is 3. The highest BCUT2D eigenvalue weighted by molar-refractivity contribution is 7.99. The summed E-state index contributed by atoms with van der Waals surface area (Å²) in [4.78, 5) is 33.7. The number of nitrogens with one attached hydrogen (secondary N) is 1. The van der Waals surface area contributed by atoms with E-state index in [0.717, 1.165) is 17.7 Å². The van der Waals surface area contributed by atoms with E-state index in [1.54, 1.807) is 7.05 Å². The molecule has 0 saturated carbocycles. The summed E-state index contributed by atoms with van der Waals surface area (Å²) >= 11 is 4.00. The minimum Gasteiger partial charge on any atom is -0.301 e. The van der Waals surface area contributed by atoms with Gasteiger partial charge >= 0.3 is 0 Å². The summed E-state index contributed by atoms with van der Waals surface area (Å²) in [6.45, 7) is 2.12. The first-order chi connectivity index (χ1) is 14.0. The Morgan fingerprint density at radius 3 is 2.72 bits per heavy atom. The van der Waals surface area contributed by atoms with Crippen molar-refractivity contribution in [2.75, 3.05) is 11.1 Å². The molecule has 9 heteroatoms. The zero-order valence-corrected chi connectivity index (χ0v) is 18.3. The number of thiophene rings is 1. The lowest BCUT2D eigenvalue weighted by Crippen LogP contribution is -2.20. The Bertz CT molecular complexity index is 1220. The molecule has 29 heavy (non-hydrogen) atoms. The molecule has 6 nitrogen and oxygen atoms in total. The molecule has 148 valence electrons. The van der Waals surface area contributed by atoms with Crippen LogP contribution in [0.5, 0.6) is 0 Å². The number of carbonyl (C=O) groups is 1. The van der Waals surface area contributed by atoms with Gasteiger partial charge in [0.15, 0.2) is 10.3 Å². The molecular formula is C20H18N4O2S3. The smallest absolute Gasteiger partial charge is 0.271 e. The Hall–Kier alpha value is -2.49. The van der Waals surface area contributed by atoms with Crippen LogP contribution in [-0.4, -0.2) is 26.2 Å². The van der Waals surface area contributed by atoms with Crippen LogP contribution in [0.1, 0.15) is 12.5 Å². The van der Waals surface area contributed by atoms with Crippen LogP contribution in [-0.2, 0) is 18.3 Å². The van der Waals surface area contributed by atoms with Crippen molar-refractivity contribution in [3.05, 3.63) is 57.0 Å². The van der Waals surface area contributed by atoms with Crippen molar-refractivity contribution in [3.8, 4) is 11.3 Å². The van der Waals surface area contributed by atoms with Gasteiger partial charge in [-0.3, -0.25) is 14.2 Å². The van der Waals surface area contributed by atoms with Gasteiger partial charge in [-0.25, -0.2) is 9.97 Å². The number of aryl methyl sites for hydroxylation is 1. The van der Waals surface area contributed by atoms with Crippen LogP contribution < -0.4 is 10.9 Å². The average molecular weight is 443 g/mol. The molecular weight excluding hydrogens is 424 g/mol. The van der Waals surface area contributed by atoms with Gasteiger partial charge in [-0.15, -0.1) is 22.7 Å². The van der Waals surface area contributed by atoms with Gasteiger partial charge in [-0.2, -0.15) is 0 Å². The summed E-state index contributed by atoms with van der Waals surface area (Å²) < 4.78 is 2.11. The number of benzene rings is 1. The number of hydrogen-bond acceptors (Lipinski definition) is 7. The highest BCUT2D eigenvalue weighted by Gasteiger charge is 2.13. The van der Waals surface area contributed by atoms with E-state index >= 15 is 0 Å². The van der Waals surface area contributed by atoms with Crippen LogP contribution in [0.25, 0.3) is 21.5 Å². The first-order valence-electron chi connectivity index (χ1n) is 8.97. The average Bonchev–Trinajstić information content (AvgIpc) is 3.39. The first-order valence-corrected chi connectivity index (χ1v) is 11.7. The second-order valence-electron chi connectivity index (χ2n) is 6.32. The fourth-order valence-corrected chi connectivity index (χ4v) is 5.07. The van der Waals surface area contributed by atoms with Crippen molar-refractivity contribution in [2.24, 2.45) is 7.05 Å². The lowest BCUT2D eigenvalue weighted by atomic mass is 10.1. The van der Waals surface area contributed by atoms with Crippen LogP contribution >= 0.6 is 34.4 Å². The van der Waals surface area contributed by atoms with Crippen LogP contribution in [0.4, 0.5) is 5.13 Å². The molecule has 1 aromatic carbocycles. The lowest BCUT2D eigenvalue weighted by molar-refractivity contribution is -0.113. The molecule has 0 aliphatic carbocycles. The highest BCUT2D eigenvalue weighted by Crippen LogP contribution is 2.26. The molecule has 0 saturated heterocycles. The van der Waals surface area contributed by atoms with Gasteiger partial charge in [-0.05, 0) is 23.4 Å². The normalized spacial score (nSPS) is 11.1. The summed E-state index contributed by atoms with van der Waals surface area (Å²) in [7, 11) is 1.67. The molecule has 0 atom stereocenters. The molecule has 0 aliphatic rings. The Labute approximate surface area is 179 Å². The number of anilines is 1. The fourth-order valence-electron chi connectivity index (χ4n) is 2.76. The number of rotatable bonds is 6. The third kappa shape index (κ3) is 4.26. The van der Waals surface area contributed by atoms with Crippen molar-refractivity contribution < 1.29 is 4.79 Å². The van der Waals surface area contributed by atoms with Crippen molar-refractivity contribution >= 4 is 55.7 Å². The minimum atomic E-state index is -0.183. The molecule has 0 bridgehead atoms. The monoisotopic (exact) mass is 442 g/mol. The third-order valence-corrected chi connectivity index (χ3v) is 7.07. The molecule has 4 aromatic rings. The van der Waals surface area contributed by atoms with E-state index in [0.29, 0.717) is 20.5 Å². The molecule has 4 rings (SSSR count). The summed E-state index contributed by atoms with van der Waals surface area (Å²) in [5.74, 6) is -0.0346. The van der Waals surface area contributed by atoms with Gasteiger partial charge in [0.1, 0.15) is 4.70 Å². The Morgan fingerprint density at radius 2 is 1.97 bits per heavy atom. The first kappa shape index (κ1) is 19.8. The Kier molecular flexibility index (Phi) is 5.79. The maximum Gasteiger partial charge on any atom is 0.271 e. The molecule has 0 spiro atoms.